The Morgan fingerprint density at radius 3 is 2.78 bits per heavy atom. The largest absolute Gasteiger partial charge is 0.444 e. The van der Waals surface area contributed by atoms with Crippen LogP contribution in [0.4, 0.5) is 14.2 Å². The summed E-state index contributed by atoms with van der Waals surface area (Å²) in [4.78, 5) is 32.9. The van der Waals surface area contributed by atoms with Crippen molar-refractivity contribution in [3.8, 4) is 10.6 Å². The number of halogens is 1. The zero-order valence-electron chi connectivity index (χ0n) is 21.4. The van der Waals surface area contributed by atoms with Gasteiger partial charge in [-0.1, -0.05) is 6.92 Å². The molecule has 0 saturated heterocycles. The number of amides is 2. The molecule has 0 aliphatic carbocycles. The summed E-state index contributed by atoms with van der Waals surface area (Å²) in [7, 11) is 0. The number of thiazole rings is 1. The Labute approximate surface area is 219 Å². The minimum atomic E-state index is -0.573. The summed E-state index contributed by atoms with van der Waals surface area (Å²) >= 11 is 2.95. The molecule has 10 heteroatoms. The number of anilines is 1. The molecule has 36 heavy (non-hydrogen) atoms. The second-order valence-corrected chi connectivity index (χ2v) is 12.2. The van der Waals surface area contributed by atoms with Crippen LogP contribution in [0, 0.1) is 5.82 Å². The van der Waals surface area contributed by atoms with Gasteiger partial charge in [-0.2, -0.15) is 0 Å². The molecule has 2 aromatic heterocycles. The van der Waals surface area contributed by atoms with E-state index in [1.54, 1.807) is 11.0 Å². The fourth-order valence-corrected chi connectivity index (χ4v) is 6.34. The Morgan fingerprint density at radius 1 is 1.28 bits per heavy atom. The van der Waals surface area contributed by atoms with E-state index >= 15 is 0 Å². The van der Waals surface area contributed by atoms with E-state index in [9.17, 15) is 14.0 Å². The van der Waals surface area contributed by atoms with Crippen LogP contribution < -0.4 is 10.6 Å². The molecule has 7 nitrogen and oxygen atoms in total. The van der Waals surface area contributed by atoms with Crippen molar-refractivity contribution in [2.75, 3.05) is 18.4 Å². The molecule has 1 aromatic carbocycles. The fraction of sp³-hybridized carbons (Fsp3) is 0.500. The summed E-state index contributed by atoms with van der Waals surface area (Å²) < 4.78 is 20.3. The summed E-state index contributed by atoms with van der Waals surface area (Å²) in [5, 5.41) is 7.90. The van der Waals surface area contributed by atoms with Gasteiger partial charge in [0.15, 0.2) is 0 Å². The second-order valence-electron chi connectivity index (χ2n) is 10.1. The number of carbonyl (C=O) groups excluding carboxylic acids is 2. The number of rotatable bonds is 7. The molecule has 0 fully saturated rings. The van der Waals surface area contributed by atoms with Crippen LogP contribution in [0.15, 0.2) is 18.2 Å². The molecule has 0 bridgehead atoms. The maximum Gasteiger partial charge on any atom is 0.410 e. The molecule has 0 radical (unpaired) electrons. The highest BCUT2D eigenvalue weighted by molar-refractivity contribution is 7.22. The van der Waals surface area contributed by atoms with Crippen LogP contribution in [0.25, 0.3) is 20.8 Å². The first-order valence-corrected chi connectivity index (χ1v) is 13.9. The lowest BCUT2D eigenvalue weighted by Gasteiger charge is -2.30. The quantitative estimate of drug-likeness (QED) is 0.380. The number of thiophene rings is 1. The smallest absolute Gasteiger partial charge is 0.410 e. The summed E-state index contributed by atoms with van der Waals surface area (Å²) in [5.74, 6) is -0.413. The number of carbonyl (C=O) groups is 2. The molecule has 0 unspecified atom stereocenters. The lowest BCUT2D eigenvalue weighted by atomic mass is 10.0. The molecule has 4 rings (SSSR count). The number of nitrogens with one attached hydrogen (secondary N) is 2. The summed E-state index contributed by atoms with van der Waals surface area (Å²) in [6.45, 7) is 11.3. The Hall–Kier alpha value is -2.56. The molecule has 0 saturated carbocycles. The first kappa shape index (κ1) is 26.5. The number of hydrogen-bond donors (Lipinski definition) is 2. The van der Waals surface area contributed by atoms with Gasteiger partial charge in [0, 0.05) is 42.1 Å². The highest BCUT2D eigenvalue weighted by Gasteiger charge is 2.31. The maximum absolute atomic E-state index is 13.8. The second kappa shape index (κ2) is 10.8. The van der Waals surface area contributed by atoms with Gasteiger partial charge in [0.1, 0.15) is 21.4 Å². The van der Waals surface area contributed by atoms with Crippen molar-refractivity contribution in [2.45, 2.75) is 72.1 Å². The van der Waals surface area contributed by atoms with E-state index in [2.05, 4.69) is 24.5 Å². The maximum atomic E-state index is 13.8. The van der Waals surface area contributed by atoms with Crippen LogP contribution in [0.2, 0.25) is 0 Å². The van der Waals surface area contributed by atoms with Crippen LogP contribution in [-0.4, -0.2) is 46.6 Å². The lowest BCUT2D eigenvalue weighted by molar-refractivity contribution is -0.116. The predicted molar refractivity (Wildman–Crippen MR) is 144 cm³/mol. The third-order valence-electron chi connectivity index (χ3n) is 5.98. The molecule has 1 aliphatic rings. The lowest BCUT2D eigenvalue weighted by Crippen LogP contribution is -2.39. The minimum Gasteiger partial charge on any atom is -0.444 e. The molecule has 2 amide bonds. The third kappa shape index (κ3) is 6.22. The van der Waals surface area contributed by atoms with Crippen molar-refractivity contribution in [3.63, 3.8) is 0 Å². The third-order valence-corrected chi connectivity index (χ3v) is 8.17. The standard InChI is InChI=1S/C26H33FN4O3S2/c1-6-15(2)28-11-9-21(32)30-24-22(23-29-18-13-16(27)7-8-19(18)35-23)17-10-12-31(14-20(17)36-24)25(33)34-26(3,4)5/h7-8,13,15,28H,6,9-12,14H2,1-5H3,(H,30,32)/t15-/m0/s1. The zero-order valence-corrected chi connectivity index (χ0v) is 23.0. The first-order valence-electron chi connectivity index (χ1n) is 12.3. The van der Waals surface area contributed by atoms with Crippen molar-refractivity contribution in [2.24, 2.45) is 0 Å². The topological polar surface area (TPSA) is 83.6 Å². The van der Waals surface area contributed by atoms with Crippen molar-refractivity contribution >= 4 is 49.9 Å². The molecule has 0 spiro atoms. The van der Waals surface area contributed by atoms with Crippen LogP contribution in [-0.2, 0) is 22.5 Å². The van der Waals surface area contributed by atoms with Crippen molar-refractivity contribution < 1.29 is 18.7 Å². The summed E-state index contributed by atoms with van der Waals surface area (Å²) in [6, 6.07) is 4.94. The molecule has 3 heterocycles. The number of hydrogen-bond acceptors (Lipinski definition) is 7. The molecule has 2 N–H and O–H groups in total. The molecule has 194 valence electrons. The Morgan fingerprint density at radius 2 is 2.06 bits per heavy atom. The van der Waals surface area contributed by atoms with Crippen LogP contribution in [0.1, 0.15) is 57.9 Å². The normalized spacial score (nSPS) is 14.6. The van der Waals surface area contributed by atoms with E-state index in [1.807, 2.05) is 20.8 Å². The van der Waals surface area contributed by atoms with Gasteiger partial charge in [0.2, 0.25) is 5.91 Å². The highest BCUT2D eigenvalue weighted by Crippen LogP contribution is 2.46. The van der Waals surface area contributed by atoms with Crippen molar-refractivity contribution in [1.29, 1.82) is 0 Å². The fourth-order valence-electron chi connectivity index (χ4n) is 3.97. The predicted octanol–water partition coefficient (Wildman–Crippen LogP) is 6.17. The van der Waals surface area contributed by atoms with Crippen molar-refractivity contribution in [3.05, 3.63) is 34.5 Å². The van der Waals surface area contributed by atoms with Gasteiger partial charge in [-0.3, -0.25) is 4.79 Å². The molecular weight excluding hydrogens is 499 g/mol. The monoisotopic (exact) mass is 532 g/mol. The van der Waals surface area contributed by atoms with E-state index in [1.165, 1.54) is 34.8 Å². The number of ether oxygens (including phenoxy) is 1. The number of fused-ring (bicyclic) bond motifs is 2. The van der Waals surface area contributed by atoms with E-state index < -0.39 is 5.60 Å². The zero-order chi connectivity index (χ0) is 26.0. The van der Waals surface area contributed by atoms with Gasteiger partial charge in [-0.15, -0.1) is 22.7 Å². The number of aromatic nitrogens is 1. The highest BCUT2D eigenvalue weighted by atomic mass is 32.1. The van der Waals surface area contributed by atoms with E-state index in [0.29, 0.717) is 44.0 Å². The van der Waals surface area contributed by atoms with Gasteiger partial charge in [0.05, 0.1) is 16.8 Å². The minimum absolute atomic E-state index is 0.0817. The van der Waals surface area contributed by atoms with E-state index in [4.69, 9.17) is 9.72 Å². The van der Waals surface area contributed by atoms with E-state index in [0.717, 1.165) is 37.1 Å². The number of nitrogens with zero attached hydrogens (tertiary/aromatic N) is 2. The SMILES string of the molecule is CC[C@H](C)NCCC(=O)Nc1sc2c(c1-c1nc3cc(F)ccc3s1)CCN(C(=O)OC(C)(C)C)C2. The Bertz CT molecular complexity index is 1260. The average molecular weight is 533 g/mol. The average Bonchev–Trinajstić information content (AvgIpc) is 3.36. The molecule has 1 aliphatic heterocycles. The van der Waals surface area contributed by atoms with Crippen LogP contribution in [0.5, 0.6) is 0 Å². The van der Waals surface area contributed by atoms with Crippen LogP contribution >= 0.6 is 22.7 Å². The van der Waals surface area contributed by atoms with Gasteiger partial charge >= 0.3 is 6.09 Å². The van der Waals surface area contributed by atoms with Gasteiger partial charge in [0.25, 0.3) is 0 Å². The molecule has 3 aromatic rings. The summed E-state index contributed by atoms with van der Waals surface area (Å²) in [5.41, 5.74) is 1.98. The van der Waals surface area contributed by atoms with Gasteiger partial charge in [-0.05, 0) is 58.2 Å². The van der Waals surface area contributed by atoms with Gasteiger partial charge < -0.3 is 20.3 Å². The molecule has 1 atom stereocenters. The van der Waals surface area contributed by atoms with Crippen molar-refractivity contribution in [1.82, 2.24) is 15.2 Å². The molecular formula is C26H33FN4O3S2. The Balaban J connectivity index is 1.63. The van der Waals surface area contributed by atoms with Crippen LogP contribution in [0.3, 0.4) is 0 Å². The Kier molecular flexibility index (Phi) is 7.96. The summed E-state index contributed by atoms with van der Waals surface area (Å²) in [6.07, 6.45) is 1.62. The number of benzene rings is 1. The first-order chi connectivity index (χ1) is 17.0. The van der Waals surface area contributed by atoms with E-state index in [-0.39, 0.29) is 17.8 Å². The van der Waals surface area contributed by atoms with Gasteiger partial charge in [-0.25, -0.2) is 14.2 Å².